The number of aromatic amines is 1. The number of rotatable bonds is 14. The molecule has 1 aliphatic heterocycles. The minimum absolute atomic E-state index is 0. The third-order valence-electron chi connectivity index (χ3n) is 14.4. The summed E-state index contributed by atoms with van der Waals surface area (Å²) in [5.41, 5.74) is 24.4. The summed E-state index contributed by atoms with van der Waals surface area (Å²) >= 11 is 32.5. The summed E-state index contributed by atoms with van der Waals surface area (Å²) in [6.45, 7) is 5.11. The van der Waals surface area contributed by atoms with Crippen LogP contribution in [0, 0.1) is 0 Å². The van der Waals surface area contributed by atoms with Gasteiger partial charge in [-0.25, -0.2) is 59.8 Å². The number of hydrogen-bond donors (Lipinski definition) is 3. The zero-order valence-corrected chi connectivity index (χ0v) is 55.3. The first-order valence-corrected chi connectivity index (χ1v) is 32.3. The molecule has 5 N–H and O–H groups in total. The highest BCUT2D eigenvalue weighted by molar-refractivity contribution is 9.09. The summed E-state index contributed by atoms with van der Waals surface area (Å²) in [6, 6.07) is 41.3. The van der Waals surface area contributed by atoms with Crippen molar-refractivity contribution in [1.29, 1.82) is 0 Å². The normalized spacial score (nSPS) is 11.5. The fourth-order valence-corrected chi connectivity index (χ4v) is 11.1. The summed E-state index contributed by atoms with van der Waals surface area (Å²) in [5.74, 6) is 1.10. The van der Waals surface area contributed by atoms with Gasteiger partial charge in [-0.3, -0.25) is 0 Å². The number of nitrogens with one attached hydrogen (secondary N) is 1. The molecule has 1 aliphatic rings. The molecule has 0 atom stereocenters. The van der Waals surface area contributed by atoms with Crippen LogP contribution in [0.4, 0.5) is 17.8 Å². The number of nitrogens with zero attached hydrogens (tertiary/aromatic N) is 20. The highest BCUT2D eigenvalue weighted by atomic mass is 79.9. The number of aromatic nitrogens is 20. The maximum atomic E-state index is 6.12. The quantitative estimate of drug-likeness (QED) is 0.0517. The van der Waals surface area contributed by atoms with Gasteiger partial charge in [-0.15, -0.1) is 0 Å². The van der Waals surface area contributed by atoms with Crippen LogP contribution >= 0.6 is 73.9 Å². The van der Waals surface area contributed by atoms with Crippen LogP contribution in [-0.4, -0.2) is 130 Å². The Morgan fingerprint density at radius 3 is 1.29 bits per heavy atom. The Bertz CT molecular complexity index is 4720. The molecule has 0 unspecified atom stereocenters. The molecule has 0 spiro atoms. The van der Waals surface area contributed by atoms with Gasteiger partial charge >= 0.3 is 0 Å². The lowest BCUT2D eigenvalue weighted by atomic mass is 10.1. The number of nitrogens with two attached hydrogens (primary N) is 2. The Hall–Kier alpha value is -9.47. The molecule has 0 saturated carbocycles. The van der Waals surface area contributed by atoms with Crippen molar-refractivity contribution in [2.24, 2.45) is 0 Å². The van der Waals surface area contributed by atoms with E-state index in [4.69, 9.17) is 84.2 Å². The number of halogens is 6. The average Bonchev–Trinajstić information content (AvgIpc) is 1.77. The van der Waals surface area contributed by atoms with E-state index in [-0.39, 0.29) is 60.3 Å². The largest absolute Gasteiger partial charge is 0.378 e. The Labute approximate surface area is 593 Å². The number of morpholine rings is 1. The topological polar surface area (TPSA) is 301 Å². The molecule has 4 aromatic carbocycles. The molecule has 0 radical (unpaired) electrons. The van der Waals surface area contributed by atoms with E-state index in [1.54, 1.807) is 37.4 Å². The van der Waals surface area contributed by atoms with Crippen LogP contribution in [0.1, 0.15) is 44.5 Å². The van der Waals surface area contributed by atoms with Crippen molar-refractivity contribution in [2.45, 2.75) is 67.6 Å². The number of ether oxygens (including phenoxy) is 1. The van der Waals surface area contributed by atoms with Crippen molar-refractivity contribution in [3.05, 3.63) is 220 Å². The molecule has 10 aromatic heterocycles. The van der Waals surface area contributed by atoms with Crippen LogP contribution in [0.15, 0.2) is 171 Å². The van der Waals surface area contributed by atoms with Crippen molar-refractivity contribution in [3.63, 3.8) is 0 Å². The zero-order chi connectivity index (χ0) is 65.2. The summed E-state index contributed by atoms with van der Waals surface area (Å²) in [6.07, 6.45) is 17.1. The van der Waals surface area contributed by atoms with Gasteiger partial charge in [-0.1, -0.05) is 183 Å². The molecule has 500 valence electrons. The predicted octanol–water partition coefficient (Wildman–Crippen LogP) is 14.3. The zero-order valence-electron chi connectivity index (χ0n) is 49.9. The second-order valence-electron chi connectivity index (χ2n) is 20.6. The number of hydrogen-bond acceptors (Lipinski definition) is 20. The van der Waals surface area contributed by atoms with Gasteiger partial charge in [-0.2, -0.15) is 19.9 Å². The first kappa shape index (κ1) is 73.3. The standard InChI is InChI=1S/C21H22N8O.C17H14ClN7.C13H10Cl2N4.C8H9Br.C5H2Cl2N4.3CH4/c22-20-23-12-16(13-24-20)17-18-19(27-21(26-17)28-8-10-30-11-9-28)29(14-25-18)7-6-15-4-2-1-3-5-15;18-16-23-13(12-8-20-17(19)21-9-12)14-15(24-16)25(10-22-14)7-6-11-4-2-1-3-5-11;14-11-10-12(18-13(15)17-11)19(8-16-10)7-6-9-4-2-1-3-5-9;9-7-6-8-4-2-1-3-5-8;6-3-2-4(9-1-8-2)11-5(7)10-3;;;/h1-5,12-14H,6-11H2,(H2,22,23,24);1-5,8-10H,6-7H2,(H2,19,20,21);1-5,8H,6-7H2;1-5H,6-7H2;1H,(H,8,9,10,11);3*1H4. The summed E-state index contributed by atoms with van der Waals surface area (Å²) in [7, 11) is 0. The minimum atomic E-state index is 0. The second kappa shape index (κ2) is 36.0. The molecule has 1 saturated heterocycles. The maximum absolute atomic E-state index is 6.12. The van der Waals surface area contributed by atoms with Gasteiger partial charge < -0.3 is 39.8 Å². The van der Waals surface area contributed by atoms with E-state index in [2.05, 4.69) is 173 Å². The van der Waals surface area contributed by atoms with E-state index in [0.29, 0.717) is 69.6 Å². The average molecular weight is 1470 g/mol. The molecule has 15 rings (SSSR count). The van der Waals surface area contributed by atoms with Gasteiger partial charge in [0.25, 0.3) is 0 Å². The van der Waals surface area contributed by atoms with Crippen LogP contribution in [-0.2, 0) is 50.1 Å². The number of aryl methyl sites for hydroxylation is 7. The SMILES string of the molecule is BrCCc1ccccc1.C.C.C.Clc1nc(Cl)c2[nH]cnc2n1.Clc1nc(Cl)c2ncn(CCc3ccccc3)c2n1.Nc1ncc(-c2nc(Cl)nc3c2ncn3CCc2ccccc2)cn1.Nc1ncc(-c2nc(N3CCOCC3)nc3c2ncn3CCc2ccccc2)cn1. The predicted molar refractivity (Wildman–Crippen MR) is 391 cm³/mol. The van der Waals surface area contributed by atoms with Gasteiger partial charge in [0, 0.05) is 74.0 Å². The van der Waals surface area contributed by atoms with Crippen LogP contribution in [0.5, 0.6) is 0 Å². The molecule has 1 fully saturated rings. The number of H-pyrrole nitrogens is 1. The van der Waals surface area contributed by atoms with E-state index in [1.165, 1.54) is 28.6 Å². The highest BCUT2D eigenvalue weighted by Gasteiger charge is 2.22. The van der Waals surface area contributed by atoms with Gasteiger partial charge in [0.15, 0.2) is 32.9 Å². The number of nitrogen functional groups attached to an aromatic ring is 2. The van der Waals surface area contributed by atoms with Crippen molar-refractivity contribution >= 4 is 136 Å². The lowest BCUT2D eigenvalue weighted by Gasteiger charge is -2.27. The van der Waals surface area contributed by atoms with Gasteiger partial charge in [0.05, 0.1) is 38.5 Å². The Morgan fingerprint density at radius 1 is 0.433 bits per heavy atom. The summed E-state index contributed by atoms with van der Waals surface area (Å²) in [4.78, 5) is 72.3. The molecular weight excluding hydrogens is 1400 g/mol. The fraction of sp³-hybridized carbons (Fsp3) is 0.224. The Kier molecular flexibility index (Phi) is 27.2. The lowest BCUT2D eigenvalue weighted by molar-refractivity contribution is 0.122. The van der Waals surface area contributed by atoms with E-state index < -0.39 is 0 Å². The molecule has 30 heteroatoms. The molecular formula is C67H69BrCl5N23O. The smallest absolute Gasteiger partial charge is 0.228 e. The van der Waals surface area contributed by atoms with Crippen LogP contribution in [0.25, 0.3) is 67.2 Å². The minimum Gasteiger partial charge on any atom is -0.378 e. The first-order chi connectivity index (χ1) is 45.9. The first-order valence-electron chi connectivity index (χ1n) is 29.3. The molecule has 0 bridgehead atoms. The maximum Gasteiger partial charge on any atom is 0.228 e. The number of imidazole rings is 4. The van der Waals surface area contributed by atoms with E-state index in [9.17, 15) is 0 Å². The summed E-state index contributed by atoms with van der Waals surface area (Å²) in [5, 5.41) is 2.03. The third kappa shape index (κ3) is 19.6. The molecule has 97 heavy (non-hydrogen) atoms. The molecule has 24 nitrogen and oxygen atoms in total. The van der Waals surface area contributed by atoms with Crippen LogP contribution in [0.2, 0.25) is 26.2 Å². The number of alkyl halides is 1. The van der Waals surface area contributed by atoms with Crippen molar-refractivity contribution < 1.29 is 4.74 Å². The fourth-order valence-electron chi connectivity index (χ4n) is 9.66. The van der Waals surface area contributed by atoms with Crippen molar-refractivity contribution in [1.82, 2.24) is 98.4 Å². The van der Waals surface area contributed by atoms with Gasteiger partial charge in [-0.05, 0) is 82.7 Å². The van der Waals surface area contributed by atoms with Crippen molar-refractivity contribution in [3.8, 4) is 22.5 Å². The van der Waals surface area contributed by atoms with Gasteiger partial charge in [0.1, 0.15) is 33.5 Å². The van der Waals surface area contributed by atoms with E-state index in [0.717, 1.165) is 80.5 Å². The monoisotopic (exact) mass is 1470 g/mol. The highest BCUT2D eigenvalue weighted by Crippen LogP contribution is 2.29. The molecule has 11 heterocycles. The van der Waals surface area contributed by atoms with Crippen LogP contribution < -0.4 is 16.4 Å². The van der Waals surface area contributed by atoms with Crippen LogP contribution in [0.3, 0.4) is 0 Å². The van der Waals surface area contributed by atoms with E-state index >= 15 is 0 Å². The van der Waals surface area contributed by atoms with Crippen molar-refractivity contribution in [2.75, 3.05) is 48.0 Å². The molecule has 0 amide bonds. The molecule has 0 aliphatic carbocycles. The molecule has 14 aromatic rings. The third-order valence-corrected chi connectivity index (χ3v) is 15.8. The Morgan fingerprint density at radius 2 is 0.825 bits per heavy atom. The number of fused-ring (bicyclic) bond motifs is 4. The number of anilines is 3. The van der Waals surface area contributed by atoms with Gasteiger partial charge in [0.2, 0.25) is 33.7 Å². The number of benzene rings is 4. The lowest BCUT2D eigenvalue weighted by Crippen LogP contribution is -2.37. The Balaban J connectivity index is 0.000000163. The summed E-state index contributed by atoms with van der Waals surface area (Å²) < 4.78 is 11.5. The van der Waals surface area contributed by atoms with E-state index in [1.807, 2.05) is 64.0 Å². The second-order valence-corrected chi connectivity index (χ2v) is 23.1.